The number of hydrogen-bond donors (Lipinski definition) is 0. The molecule has 0 nitrogen and oxygen atoms in total. The largest absolute Gasteiger partial charge is 0.0887 e. The van der Waals surface area contributed by atoms with Gasteiger partial charge >= 0.3 is 0 Å². The van der Waals surface area contributed by atoms with E-state index in [9.17, 15) is 0 Å². The molecule has 0 atom stereocenters. The molecule has 0 aliphatic heterocycles. The Balaban J connectivity index is 3.75. The Kier molecular flexibility index (Phi) is 2.96. The first-order valence-electron chi connectivity index (χ1n) is 3.57. The summed E-state index contributed by atoms with van der Waals surface area (Å²) < 4.78 is 0. The monoisotopic (exact) mass is 126 g/mol. The smallest absolute Gasteiger partial charge is 0.0274 e. The quantitative estimate of drug-likeness (QED) is 0.472. The van der Waals surface area contributed by atoms with Gasteiger partial charge in [-0.1, -0.05) is 32.4 Å². The zero-order valence-corrected chi connectivity index (χ0v) is 7.28. The van der Waals surface area contributed by atoms with Crippen molar-refractivity contribution >= 4 is 0 Å². The van der Waals surface area contributed by atoms with E-state index in [2.05, 4.69) is 40.7 Å². The van der Waals surface area contributed by atoms with Gasteiger partial charge in [-0.2, -0.15) is 0 Å². The lowest BCUT2D eigenvalue weighted by atomic mass is 9.88. The van der Waals surface area contributed by atoms with E-state index in [-0.39, 0.29) is 0 Å². The van der Waals surface area contributed by atoms with Crippen LogP contribution in [-0.4, -0.2) is 0 Å². The Morgan fingerprint density at radius 1 is 1.33 bits per heavy atom. The summed E-state index contributed by atoms with van der Waals surface area (Å²) in [6.07, 6.45) is 3.40. The van der Waals surface area contributed by atoms with Gasteiger partial charge in [0, 0.05) is 0 Å². The molecule has 0 heteroatoms. The Morgan fingerprint density at radius 2 is 1.78 bits per heavy atom. The van der Waals surface area contributed by atoms with Gasteiger partial charge in [-0.25, -0.2) is 0 Å². The Morgan fingerprint density at radius 3 is 1.89 bits per heavy atom. The molecule has 0 aromatic rings. The van der Waals surface area contributed by atoms with Gasteiger partial charge in [-0.05, 0) is 25.7 Å². The molecule has 0 unspecified atom stereocenters. The highest BCUT2D eigenvalue weighted by Crippen LogP contribution is 2.22. The van der Waals surface area contributed by atoms with E-state index < -0.39 is 0 Å². The second kappa shape index (κ2) is 3.05. The summed E-state index contributed by atoms with van der Waals surface area (Å²) in [5.41, 5.74) is 1.94. The molecule has 0 aliphatic carbocycles. The van der Waals surface area contributed by atoms with Gasteiger partial charge < -0.3 is 0 Å². The van der Waals surface area contributed by atoms with Crippen molar-refractivity contribution in [1.29, 1.82) is 0 Å². The molecule has 0 aliphatic rings. The summed E-state index contributed by atoms with van der Waals surface area (Å²) >= 11 is 0. The maximum atomic E-state index is 2.26. The highest BCUT2D eigenvalue weighted by atomic mass is 14.1. The van der Waals surface area contributed by atoms with Crippen LogP contribution in [0.5, 0.6) is 0 Å². The SMILES string of the molecule is CC=C(C)CC(C)(C)C. The van der Waals surface area contributed by atoms with Crippen LogP contribution in [0.1, 0.15) is 41.0 Å². The van der Waals surface area contributed by atoms with E-state index >= 15 is 0 Å². The summed E-state index contributed by atoms with van der Waals surface area (Å²) in [5.74, 6) is 0. The van der Waals surface area contributed by atoms with Crippen molar-refractivity contribution < 1.29 is 0 Å². The standard InChI is InChI=1S/C9H18/c1-6-8(2)7-9(3,4)5/h6H,7H2,1-5H3. The number of rotatable bonds is 1. The fourth-order valence-electron chi connectivity index (χ4n) is 0.939. The van der Waals surface area contributed by atoms with Crippen LogP contribution in [0.15, 0.2) is 11.6 Å². The van der Waals surface area contributed by atoms with Gasteiger partial charge in [0.1, 0.15) is 0 Å². The molecule has 54 valence electrons. The Labute approximate surface area is 59.0 Å². The fourth-order valence-corrected chi connectivity index (χ4v) is 0.939. The Bertz CT molecular complexity index is 102. The second-order valence-electron chi connectivity index (χ2n) is 3.87. The summed E-state index contributed by atoms with van der Waals surface area (Å²) in [4.78, 5) is 0. The molecule has 0 fully saturated rings. The highest BCUT2D eigenvalue weighted by molar-refractivity contribution is 4.98. The molecule has 0 N–H and O–H groups in total. The average molecular weight is 126 g/mol. The van der Waals surface area contributed by atoms with Crippen LogP contribution in [-0.2, 0) is 0 Å². The van der Waals surface area contributed by atoms with Gasteiger partial charge in [-0.15, -0.1) is 0 Å². The zero-order chi connectivity index (χ0) is 7.49. The van der Waals surface area contributed by atoms with Gasteiger partial charge in [0.25, 0.3) is 0 Å². The van der Waals surface area contributed by atoms with Gasteiger partial charge in [0.2, 0.25) is 0 Å². The first kappa shape index (κ1) is 8.74. The number of hydrogen-bond acceptors (Lipinski definition) is 0. The van der Waals surface area contributed by atoms with Gasteiger partial charge in [0.15, 0.2) is 0 Å². The zero-order valence-electron chi connectivity index (χ0n) is 7.28. The van der Waals surface area contributed by atoms with E-state index in [4.69, 9.17) is 0 Å². The molecule has 0 aromatic carbocycles. The lowest BCUT2D eigenvalue weighted by Crippen LogP contribution is -2.04. The molecule has 0 radical (unpaired) electrons. The van der Waals surface area contributed by atoms with Crippen molar-refractivity contribution in [3.8, 4) is 0 Å². The molecule has 0 heterocycles. The van der Waals surface area contributed by atoms with Crippen molar-refractivity contribution in [2.45, 2.75) is 41.0 Å². The molecule has 0 amide bonds. The molecule has 0 bridgehead atoms. The predicted octanol–water partition coefficient (Wildman–Crippen LogP) is 3.39. The fraction of sp³-hybridized carbons (Fsp3) is 0.778. The lowest BCUT2D eigenvalue weighted by molar-refractivity contribution is 0.409. The predicted molar refractivity (Wildman–Crippen MR) is 43.5 cm³/mol. The third kappa shape index (κ3) is 5.61. The van der Waals surface area contributed by atoms with E-state index in [0.717, 1.165) is 0 Å². The summed E-state index contributed by atoms with van der Waals surface area (Å²) in [5, 5.41) is 0. The van der Waals surface area contributed by atoms with Crippen molar-refractivity contribution in [3.05, 3.63) is 11.6 Å². The molecular formula is C9H18. The second-order valence-corrected chi connectivity index (χ2v) is 3.87. The molecule has 0 rings (SSSR count). The summed E-state index contributed by atoms with van der Waals surface area (Å²) in [6, 6.07) is 0. The minimum Gasteiger partial charge on any atom is -0.0887 e. The first-order valence-corrected chi connectivity index (χ1v) is 3.57. The average Bonchev–Trinajstić information content (AvgIpc) is 1.62. The van der Waals surface area contributed by atoms with Crippen LogP contribution in [0.3, 0.4) is 0 Å². The molecule has 0 aromatic heterocycles. The van der Waals surface area contributed by atoms with E-state index in [1.165, 1.54) is 12.0 Å². The summed E-state index contributed by atoms with van der Waals surface area (Å²) in [6.45, 7) is 11.1. The lowest BCUT2D eigenvalue weighted by Gasteiger charge is -2.17. The summed E-state index contributed by atoms with van der Waals surface area (Å²) in [7, 11) is 0. The molecule has 9 heavy (non-hydrogen) atoms. The van der Waals surface area contributed by atoms with Crippen molar-refractivity contribution in [3.63, 3.8) is 0 Å². The topological polar surface area (TPSA) is 0 Å². The third-order valence-corrected chi connectivity index (χ3v) is 1.30. The van der Waals surface area contributed by atoms with Gasteiger partial charge in [0.05, 0.1) is 0 Å². The molecule has 0 saturated carbocycles. The van der Waals surface area contributed by atoms with Crippen molar-refractivity contribution in [1.82, 2.24) is 0 Å². The molecular weight excluding hydrogens is 108 g/mol. The van der Waals surface area contributed by atoms with Crippen LogP contribution >= 0.6 is 0 Å². The highest BCUT2D eigenvalue weighted by Gasteiger charge is 2.09. The van der Waals surface area contributed by atoms with Gasteiger partial charge in [-0.3, -0.25) is 0 Å². The first-order chi connectivity index (χ1) is 3.95. The van der Waals surface area contributed by atoms with E-state index in [1.54, 1.807) is 0 Å². The van der Waals surface area contributed by atoms with Crippen LogP contribution < -0.4 is 0 Å². The number of allylic oxidation sites excluding steroid dienone is 2. The third-order valence-electron chi connectivity index (χ3n) is 1.30. The van der Waals surface area contributed by atoms with E-state index in [0.29, 0.717) is 5.41 Å². The van der Waals surface area contributed by atoms with Crippen LogP contribution in [0, 0.1) is 5.41 Å². The van der Waals surface area contributed by atoms with Crippen LogP contribution in [0.25, 0.3) is 0 Å². The maximum Gasteiger partial charge on any atom is -0.0274 e. The van der Waals surface area contributed by atoms with Crippen molar-refractivity contribution in [2.24, 2.45) is 5.41 Å². The van der Waals surface area contributed by atoms with E-state index in [1.807, 2.05) is 0 Å². The minimum atomic E-state index is 0.455. The Hall–Kier alpha value is -0.260. The normalized spacial score (nSPS) is 14.1. The van der Waals surface area contributed by atoms with Crippen molar-refractivity contribution in [2.75, 3.05) is 0 Å². The van der Waals surface area contributed by atoms with Crippen LogP contribution in [0.4, 0.5) is 0 Å². The van der Waals surface area contributed by atoms with Crippen LogP contribution in [0.2, 0.25) is 0 Å². The molecule has 0 spiro atoms. The molecule has 0 saturated heterocycles. The minimum absolute atomic E-state index is 0.455. The maximum absolute atomic E-state index is 2.26.